The molecule has 0 saturated carbocycles. The largest absolute Gasteiger partial charge is 0.382 e. The zero-order valence-corrected chi connectivity index (χ0v) is 11.1. The Kier molecular flexibility index (Phi) is 3.10. The summed E-state index contributed by atoms with van der Waals surface area (Å²) in [4.78, 5) is 24.8. The topological polar surface area (TPSA) is 75.3 Å². The van der Waals surface area contributed by atoms with Crippen LogP contribution in [0, 0.1) is 0 Å². The van der Waals surface area contributed by atoms with Gasteiger partial charge in [0.25, 0.3) is 5.91 Å². The Hall–Kier alpha value is -1.69. The molecule has 6 nitrogen and oxygen atoms in total. The van der Waals surface area contributed by atoms with E-state index in [0.29, 0.717) is 23.6 Å². The molecule has 2 saturated heterocycles. The summed E-state index contributed by atoms with van der Waals surface area (Å²) in [7, 11) is 2.16. The molecule has 1 aromatic heterocycles. The van der Waals surface area contributed by atoms with E-state index in [1.165, 1.54) is 25.2 Å². The summed E-state index contributed by atoms with van der Waals surface area (Å²) in [5, 5.41) is 0. The number of carbonyl (C=O) groups excluding carboxylic acids is 1. The molecule has 2 N–H and O–H groups in total. The van der Waals surface area contributed by atoms with Gasteiger partial charge in [0.1, 0.15) is 11.5 Å². The first-order valence-corrected chi connectivity index (χ1v) is 6.74. The minimum absolute atomic E-state index is 0.0549. The number of anilines is 1. The van der Waals surface area contributed by atoms with Crippen molar-refractivity contribution in [3.63, 3.8) is 0 Å². The number of fused-ring (bicyclic) bond motifs is 2. The molecular formula is C13H19N5O. The van der Waals surface area contributed by atoms with Crippen molar-refractivity contribution in [3.05, 3.63) is 18.1 Å². The Labute approximate surface area is 112 Å². The van der Waals surface area contributed by atoms with Crippen molar-refractivity contribution in [2.45, 2.75) is 31.3 Å². The fourth-order valence-electron chi connectivity index (χ4n) is 3.14. The molecule has 2 bridgehead atoms. The van der Waals surface area contributed by atoms with Gasteiger partial charge in [0.05, 0.1) is 12.4 Å². The molecule has 102 valence electrons. The van der Waals surface area contributed by atoms with E-state index >= 15 is 0 Å². The lowest BCUT2D eigenvalue weighted by Gasteiger charge is -2.25. The summed E-state index contributed by atoms with van der Waals surface area (Å²) >= 11 is 0. The highest BCUT2D eigenvalue weighted by molar-refractivity contribution is 5.92. The normalized spacial score (nSPS) is 27.3. The first kappa shape index (κ1) is 12.3. The van der Waals surface area contributed by atoms with E-state index in [9.17, 15) is 4.79 Å². The van der Waals surface area contributed by atoms with E-state index in [4.69, 9.17) is 5.73 Å². The highest BCUT2D eigenvalue weighted by atomic mass is 16.2. The molecule has 0 aliphatic carbocycles. The van der Waals surface area contributed by atoms with Crippen LogP contribution in [0.15, 0.2) is 12.4 Å². The predicted molar refractivity (Wildman–Crippen MR) is 71.5 cm³/mol. The van der Waals surface area contributed by atoms with E-state index < -0.39 is 0 Å². The molecular weight excluding hydrogens is 242 g/mol. The van der Waals surface area contributed by atoms with Crippen LogP contribution >= 0.6 is 0 Å². The molecule has 3 rings (SSSR count). The standard InChI is InChI=1S/C13H19N5O/c1-17-9-2-3-10(17)8-18(5-4-9)13(19)11-6-15-7-12(14)16-11/h6-7,9-10H,2-5,8H2,1H3,(H2,14,16). The summed E-state index contributed by atoms with van der Waals surface area (Å²) in [6.45, 7) is 1.57. The fourth-order valence-corrected chi connectivity index (χ4v) is 3.14. The lowest BCUT2D eigenvalue weighted by molar-refractivity contribution is 0.0734. The average molecular weight is 261 g/mol. The van der Waals surface area contributed by atoms with Gasteiger partial charge >= 0.3 is 0 Å². The van der Waals surface area contributed by atoms with Gasteiger partial charge in [0.2, 0.25) is 0 Å². The summed E-state index contributed by atoms with van der Waals surface area (Å²) in [5.74, 6) is 0.236. The van der Waals surface area contributed by atoms with Crippen LogP contribution in [0.2, 0.25) is 0 Å². The fraction of sp³-hybridized carbons (Fsp3) is 0.615. The molecule has 2 unspecified atom stereocenters. The maximum Gasteiger partial charge on any atom is 0.274 e. The van der Waals surface area contributed by atoms with E-state index in [0.717, 1.165) is 19.5 Å². The Morgan fingerprint density at radius 3 is 2.89 bits per heavy atom. The molecule has 2 aliphatic heterocycles. The van der Waals surface area contributed by atoms with Crippen molar-refractivity contribution in [3.8, 4) is 0 Å². The number of hydrogen-bond acceptors (Lipinski definition) is 5. The lowest BCUT2D eigenvalue weighted by Crippen LogP contribution is -2.40. The van der Waals surface area contributed by atoms with Crippen molar-refractivity contribution >= 4 is 11.7 Å². The SMILES string of the molecule is CN1C2CCC1CN(C(=O)c1cncc(N)n1)CC2. The van der Waals surface area contributed by atoms with Crippen molar-refractivity contribution in [2.75, 3.05) is 25.9 Å². The van der Waals surface area contributed by atoms with Crippen molar-refractivity contribution < 1.29 is 4.79 Å². The Bertz CT molecular complexity index is 492. The molecule has 2 atom stereocenters. The van der Waals surface area contributed by atoms with Gasteiger partial charge in [-0.1, -0.05) is 0 Å². The van der Waals surface area contributed by atoms with Crippen LogP contribution in [-0.4, -0.2) is 57.9 Å². The third-order valence-electron chi connectivity index (χ3n) is 4.31. The molecule has 0 aromatic carbocycles. The highest BCUT2D eigenvalue weighted by Gasteiger charge is 2.36. The first-order valence-electron chi connectivity index (χ1n) is 6.74. The molecule has 1 aromatic rings. The second-order valence-corrected chi connectivity index (χ2v) is 5.42. The molecule has 0 spiro atoms. The number of nitrogens with two attached hydrogens (primary N) is 1. The van der Waals surface area contributed by atoms with Gasteiger partial charge in [0, 0.05) is 25.2 Å². The van der Waals surface area contributed by atoms with E-state index in [-0.39, 0.29) is 5.91 Å². The zero-order valence-electron chi connectivity index (χ0n) is 11.1. The van der Waals surface area contributed by atoms with Crippen LogP contribution in [0.1, 0.15) is 29.8 Å². The van der Waals surface area contributed by atoms with Gasteiger partial charge in [-0.25, -0.2) is 4.98 Å². The van der Waals surface area contributed by atoms with Crippen LogP contribution in [0.25, 0.3) is 0 Å². The average Bonchev–Trinajstić information content (AvgIpc) is 2.62. The van der Waals surface area contributed by atoms with Gasteiger partial charge in [-0.15, -0.1) is 0 Å². The maximum atomic E-state index is 12.4. The smallest absolute Gasteiger partial charge is 0.274 e. The number of aromatic nitrogens is 2. The van der Waals surface area contributed by atoms with E-state index in [2.05, 4.69) is 21.9 Å². The number of likely N-dealkylation sites (tertiary alicyclic amines) is 1. The van der Waals surface area contributed by atoms with Crippen LogP contribution in [0.4, 0.5) is 5.82 Å². The van der Waals surface area contributed by atoms with Crippen molar-refractivity contribution in [1.82, 2.24) is 19.8 Å². The molecule has 2 fully saturated rings. The molecule has 1 amide bonds. The number of rotatable bonds is 1. The monoisotopic (exact) mass is 261 g/mol. The van der Waals surface area contributed by atoms with Gasteiger partial charge < -0.3 is 10.6 Å². The second-order valence-electron chi connectivity index (χ2n) is 5.42. The number of likely N-dealkylation sites (N-methyl/N-ethyl adjacent to an activating group) is 1. The van der Waals surface area contributed by atoms with Gasteiger partial charge in [-0.05, 0) is 26.3 Å². The zero-order chi connectivity index (χ0) is 13.4. The van der Waals surface area contributed by atoms with Crippen molar-refractivity contribution in [1.29, 1.82) is 0 Å². The van der Waals surface area contributed by atoms with Crippen LogP contribution in [0.3, 0.4) is 0 Å². The van der Waals surface area contributed by atoms with Gasteiger partial charge in [-0.2, -0.15) is 0 Å². The molecule has 2 aliphatic rings. The molecule has 19 heavy (non-hydrogen) atoms. The number of hydrogen-bond donors (Lipinski definition) is 1. The summed E-state index contributed by atoms with van der Waals surface area (Å²) < 4.78 is 0. The summed E-state index contributed by atoms with van der Waals surface area (Å²) in [6.07, 6.45) is 6.41. The Balaban J connectivity index is 1.77. The third kappa shape index (κ3) is 2.28. The highest BCUT2D eigenvalue weighted by Crippen LogP contribution is 2.28. The molecule has 3 heterocycles. The van der Waals surface area contributed by atoms with Crippen LogP contribution in [0.5, 0.6) is 0 Å². The molecule has 6 heteroatoms. The van der Waals surface area contributed by atoms with E-state index in [1.807, 2.05) is 4.90 Å². The minimum Gasteiger partial charge on any atom is -0.382 e. The van der Waals surface area contributed by atoms with Gasteiger partial charge in [0.15, 0.2) is 0 Å². The maximum absolute atomic E-state index is 12.4. The van der Waals surface area contributed by atoms with E-state index in [1.54, 1.807) is 0 Å². The number of nitrogen functional groups attached to an aromatic ring is 1. The van der Waals surface area contributed by atoms with Crippen LogP contribution in [-0.2, 0) is 0 Å². The Morgan fingerprint density at radius 2 is 2.11 bits per heavy atom. The predicted octanol–water partition coefficient (Wildman–Crippen LogP) is 0.367. The number of carbonyl (C=O) groups is 1. The summed E-state index contributed by atoms with van der Waals surface area (Å²) in [5.41, 5.74) is 5.93. The lowest BCUT2D eigenvalue weighted by atomic mass is 10.1. The van der Waals surface area contributed by atoms with Crippen molar-refractivity contribution in [2.24, 2.45) is 0 Å². The summed E-state index contributed by atoms with van der Waals surface area (Å²) in [6, 6.07) is 1.10. The van der Waals surface area contributed by atoms with Crippen LogP contribution < -0.4 is 5.73 Å². The third-order valence-corrected chi connectivity index (χ3v) is 4.31. The Morgan fingerprint density at radius 1 is 1.32 bits per heavy atom. The second kappa shape index (κ2) is 4.77. The minimum atomic E-state index is -0.0549. The number of amides is 1. The quantitative estimate of drug-likeness (QED) is 0.790. The first-order chi connectivity index (χ1) is 9.15. The molecule has 0 radical (unpaired) electrons. The van der Waals surface area contributed by atoms with Gasteiger partial charge in [-0.3, -0.25) is 14.7 Å². The number of nitrogens with zero attached hydrogens (tertiary/aromatic N) is 4.